The van der Waals surface area contributed by atoms with Crippen LogP contribution >= 0.6 is 0 Å². The molecule has 0 bridgehead atoms. The molecule has 2 aliphatic rings. The molecule has 3 rings (SSSR count). The van der Waals surface area contributed by atoms with Gasteiger partial charge >= 0.3 is 6.29 Å². The van der Waals surface area contributed by atoms with Gasteiger partial charge in [-0.2, -0.15) is 0 Å². The maximum Gasteiger partial charge on any atom is 0.586 e. The number of nitrogens with zero attached hydrogens (tertiary/aromatic N) is 1. The van der Waals surface area contributed by atoms with Crippen molar-refractivity contribution in [2.45, 2.75) is 24.6 Å². The van der Waals surface area contributed by atoms with Crippen molar-refractivity contribution in [2.75, 3.05) is 0 Å². The molecule has 0 saturated heterocycles. The first-order valence-electron chi connectivity index (χ1n) is 5.38. The van der Waals surface area contributed by atoms with Gasteiger partial charge in [0.15, 0.2) is 11.5 Å². The summed E-state index contributed by atoms with van der Waals surface area (Å²) < 4.78 is 34.4. The standard InChI is InChI=1S/C12H9F2NO3/c1-15-10(16)11(4-5-11)7-2-3-8-9(6-7)18-12(13,14)17-8/h2-3,6H,1,4-5H2. The minimum atomic E-state index is -3.64. The summed E-state index contributed by atoms with van der Waals surface area (Å²) in [5.74, 6) is -0.424. The summed E-state index contributed by atoms with van der Waals surface area (Å²) in [7, 11) is 0. The molecule has 0 N–H and O–H groups in total. The number of ether oxygens (including phenoxy) is 2. The summed E-state index contributed by atoms with van der Waals surface area (Å²) in [6.07, 6.45) is -2.36. The first kappa shape index (κ1) is 11.1. The minimum Gasteiger partial charge on any atom is -0.395 e. The summed E-state index contributed by atoms with van der Waals surface area (Å²) in [6, 6.07) is 4.37. The molecule has 6 heteroatoms. The number of amides is 1. The summed E-state index contributed by atoms with van der Waals surface area (Å²) in [4.78, 5) is 15.1. The van der Waals surface area contributed by atoms with Crippen LogP contribution in [0.5, 0.6) is 11.5 Å². The number of hydrogen-bond donors (Lipinski definition) is 0. The molecule has 1 amide bonds. The van der Waals surface area contributed by atoms with Crippen molar-refractivity contribution in [3.05, 3.63) is 23.8 Å². The van der Waals surface area contributed by atoms with E-state index in [0.717, 1.165) is 0 Å². The summed E-state index contributed by atoms with van der Waals surface area (Å²) >= 11 is 0. The number of fused-ring (bicyclic) bond motifs is 1. The van der Waals surface area contributed by atoms with Gasteiger partial charge in [0.1, 0.15) is 0 Å². The number of hydrogen-bond acceptors (Lipinski definition) is 3. The Bertz CT molecular complexity index is 552. The van der Waals surface area contributed by atoms with Crippen molar-refractivity contribution >= 4 is 12.6 Å². The van der Waals surface area contributed by atoms with Gasteiger partial charge in [-0.3, -0.25) is 4.79 Å². The Morgan fingerprint density at radius 3 is 2.56 bits per heavy atom. The Kier molecular flexibility index (Phi) is 2.03. The van der Waals surface area contributed by atoms with E-state index in [4.69, 9.17) is 0 Å². The van der Waals surface area contributed by atoms with Crippen LogP contribution in [0.3, 0.4) is 0 Å². The molecule has 0 radical (unpaired) electrons. The van der Waals surface area contributed by atoms with Gasteiger partial charge in [0, 0.05) is 0 Å². The lowest BCUT2D eigenvalue weighted by Crippen LogP contribution is -2.26. The summed E-state index contributed by atoms with van der Waals surface area (Å²) in [6.45, 7) is 3.21. The Balaban J connectivity index is 1.98. The van der Waals surface area contributed by atoms with Crippen molar-refractivity contribution in [1.29, 1.82) is 0 Å². The smallest absolute Gasteiger partial charge is 0.395 e. The van der Waals surface area contributed by atoms with Gasteiger partial charge in [0.2, 0.25) is 0 Å². The van der Waals surface area contributed by atoms with E-state index in [1.807, 2.05) is 0 Å². The predicted octanol–water partition coefficient (Wildman–Crippen LogP) is 2.27. The quantitative estimate of drug-likeness (QED) is 0.759. The zero-order valence-electron chi connectivity index (χ0n) is 9.28. The lowest BCUT2D eigenvalue weighted by Gasteiger charge is -2.11. The normalized spacial score (nSPS) is 21.4. The number of halogens is 2. The molecule has 18 heavy (non-hydrogen) atoms. The fourth-order valence-electron chi connectivity index (χ4n) is 2.15. The molecule has 0 aromatic heterocycles. The van der Waals surface area contributed by atoms with Crippen LogP contribution < -0.4 is 9.47 Å². The number of rotatable bonds is 2. The lowest BCUT2D eigenvalue weighted by molar-refractivity contribution is -0.286. The van der Waals surface area contributed by atoms with E-state index in [9.17, 15) is 13.6 Å². The maximum absolute atomic E-state index is 12.9. The second kappa shape index (κ2) is 3.28. The summed E-state index contributed by atoms with van der Waals surface area (Å²) in [5, 5.41) is 0. The van der Waals surface area contributed by atoms with Crippen LogP contribution in [0.25, 0.3) is 0 Å². The molecule has 0 spiro atoms. The zero-order valence-corrected chi connectivity index (χ0v) is 9.28. The van der Waals surface area contributed by atoms with Crippen molar-refractivity contribution in [2.24, 2.45) is 4.99 Å². The van der Waals surface area contributed by atoms with Gasteiger partial charge in [-0.05, 0) is 37.3 Å². The minimum absolute atomic E-state index is 0.0291. The third-order valence-electron chi connectivity index (χ3n) is 3.26. The molecule has 1 aliphatic carbocycles. The molecular formula is C12H9F2NO3. The molecule has 94 valence electrons. The highest BCUT2D eigenvalue weighted by Gasteiger charge is 2.52. The topological polar surface area (TPSA) is 47.9 Å². The number of carbonyl (C=O) groups is 1. The molecule has 1 fully saturated rings. The van der Waals surface area contributed by atoms with E-state index < -0.39 is 11.7 Å². The number of carbonyl (C=O) groups excluding carboxylic acids is 1. The average molecular weight is 253 g/mol. The van der Waals surface area contributed by atoms with Crippen molar-refractivity contribution < 1.29 is 23.0 Å². The second-order valence-electron chi connectivity index (χ2n) is 4.37. The van der Waals surface area contributed by atoms with E-state index in [-0.39, 0.29) is 17.4 Å². The van der Waals surface area contributed by atoms with E-state index in [1.54, 1.807) is 6.07 Å². The number of alkyl halides is 2. The highest BCUT2D eigenvalue weighted by atomic mass is 19.3. The Hall–Kier alpha value is -1.98. The Morgan fingerprint density at radius 2 is 1.94 bits per heavy atom. The first-order chi connectivity index (χ1) is 8.47. The van der Waals surface area contributed by atoms with Gasteiger partial charge in [0.05, 0.1) is 5.41 Å². The lowest BCUT2D eigenvalue weighted by atomic mass is 9.95. The fourth-order valence-corrected chi connectivity index (χ4v) is 2.15. The average Bonchev–Trinajstić information content (AvgIpc) is 3.05. The molecule has 1 aliphatic heterocycles. The van der Waals surface area contributed by atoms with Crippen LogP contribution in [-0.4, -0.2) is 18.9 Å². The predicted molar refractivity (Wildman–Crippen MR) is 58.1 cm³/mol. The summed E-state index contributed by atoms with van der Waals surface area (Å²) in [5.41, 5.74) is -0.0992. The highest BCUT2D eigenvalue weighted by Crippen LogP contribution is 2.52. The third-order valence-corrected chi connectivity index (χ3v) is 3.26. The maximum atomic E-state index is 12.9. The monoisotopic (exact) mass is 253 g/mol. The van der Waals surface area contributed by atoms with Crippen LogP contribution in [-0.2, 0) is 10.2 Å². The largest absolute Gasteiger partial charge is 0.586 e. The van der Waals surface area contributed by atoms with E-state index >= 15 is 0 Å². The van der Waals surface area contributed by atoms with Crippen LogP contribution in [0.15, 0.2) is 23.2 Å². The van der Waals surface area contributed by atoms with Crippen molar-refractivity contribution in [1.82, 2.24) is 0 Å². The second-order valence-corrected chi connectivity index (χ2v) is 4.37. The Morgan fingerprint density at radius 1 is 1.28 bits per heavy atom. The van der Waals surface area contributed by atoms with Crippen LogP contribution in [0.2, 0.25) is 0 Å². The SMILES string of the molecule is C=NC(=O)C1(c2ccc3c(c2)OC(F)(F)O3)CC1. The molecular weight excluding hydrogens is 244 g/mol. The molecule has 4 nitrogen and oxygen atoms in total. The molecule has 0 unspecified atom stereocenters. The third kappa shape index (κ3) is 1.48. The van der Waals surface area contributed by atoms with Crippen molar-refractivity contribution in [3.8, 4) is 11.5 Å². The molecule has 1 saturated carbocycles. The highest BCUT2D eigenvalue weighted by molar-refractivity contribution is 5.94. The van der Waals surface area contributed by atoms with E-state index in [1.165, 1.54) is 12.1 Å². The van der Waals surface area contributed by atoms with Crippen LogP contribution in [0, 0.1) is 0 Å². The molecule has 0 atom stereocenters. The van der Waals surface area contributed by atoms with Gasteiger partial charge in [-0.1, -0.05) is 6.07 Å². The fraction of sp³-hybridized carbons (Fsp3) is 0.333. The number of aliphatic imine (C=N–C) groups is 1. The Labute approximate surface area is 101 Å². The zero-order chi connectivity index (χ0) is 13.0. The van der Waals surface area contributed by atoms with Gasteiger partial charge in [0.25, 0.3) is 5.91 Å². The van der Waals surface area contributed by atoms with Gasteiger partial charge < -0.3 is 9.47 Å². The molecule has 1 aromatic carbocycles. The van der Waals surface area contributed by atoms with Gasteiger partial charge in [-0.25, -0.2) is 4.99 Å². The van der Waals surface area contributed by atoms with E-state index in [0.29, 0.717) is 18.4 Å². The van der Waals surface area contributed by atoms with Crippen LogP contribution in [0.4, 0.5) is 8.78 Å². The number of benzene rings is 1. The first-order valence-corrected chi connectivity index (χ1v) is 5.38. The van der Waals surface area contributed by atoms with Crippen molar-refractivity contribution in [3.63, 3.8) is 0 Å². The van der Waals surface area contributed by atoms with Gasteiger partial charge in [-0.15, -0.1) is 8.78 Å². The molecule has 1 aromatic rings. The van der Waals surface area contributed by atoms with Crippen LogP contribution in [0.1, 0.15) is 18.4 Å². The molecule has 1 heterocycles. The van der Waals surface area contributed by atoms with E-state index in [2.05, 4.69) is 21.2 Å².